The second-order valence-corrected chi connectivity index (χ2v) is 4.26. The number of hydrogen-bond donors (Lipinski definition) is 2. The molecule has 0 aromatic rings. The summed E-state index contributed by atoms with van der Waals surface area (Å²) in [5, 5.41) is 11.9. The number of rotatable bonds is 6. The Kier molecular flexibility index (Phi) is 5.72. The van der Waals surface area contributed by atoms with E-state index in [0.29, 0.717) is 13.0 Å². The maximum Gasteiger partial charge on any atom is 0.322 e. The van der Waals surface area contributed by atoms with Crippen LogP contribution in [0.25, 0.3) is 0 Å². The van der Waals surface area contributed by atoms with Crippen LogP contribution in [-0.4, -0.2) is 37.4 Å². The van der Waals surface area contributed by atoms with Crippen LogP contribution in [0, 0.1) is 5.41 Å². The average Bonchev–Trinajstić information content (AvgIpc) is 2.13. The van der Waals surface area contributed by atoms with Gasteiger partial charge in [-0.05, 0) is 18.8 Å². The number of ether oxygens (including phenoxy) is 1. The lowest BCUT2D eigenvalue weighted by Gasteiger charge is -2.25. The minimum absolute atomic E-state index is 0.00295. The molecule has 4 heteroatoms. The summed E-state index contributed by atoms with van der Waals surface area (Å²) in [6, 6.07) is -0.294. The first kappa shape index (κ1) is 13.4. The minimum Gasteiger partial charge on any atom is -0.468 e. The van der Waals surface area contributed by atoms with Gasteiger partial charge in [0.1, 0.15) is 6.04 Å². The minimum atomic E-state index is -0.294. The third-order valence-corrected chi connectivity index (χ3v) is 2.23. The van der Waals surface area contributed by atoms with Gasteiger partial charge in [0.25, 0.3) is 0 Å². The second-order valence-electron chi connectivity index (χ2n) is 4.26. The molecule has 0 amide bonds. The lowest BCUT2D eigenvalue weighted by atomic mass is 9.89. The first-order valence-electron chi connectivity index (χ1n) is 4.85. The fourth-order valence-electron chi connectivity index (χ4n) is 1.08. The summed E-state index contributed by atoms with van der Waals surface area (Å²) >= 11 is 0. The summed E-state index contributed by atoms with van der Waals surface area (Å²) in [5.74, 6) is -0.259. The van der Waals surface area contributed by atoms with Crippen molar-refractivity contribution in [2.24, 2.45) is 5.41 Å². The first-order chi connectivity index (χ1) is 6.43. The molecule has 0 aliphatic heterocycles. The number of methoxy groups -OCH3 is 1. The van der Waals surface area contributed by atoms with Crippen LogP contribution in [0.3, 0.4) is 0 Å². The van der Waals surface area contributed by atoms with Crippen LogP contribution in [-0.2, 0) is 9.53 Å². The number of aliphatic hydroxyl groups excluding tert-OH is 1. The van der Waals surface area contributed by atoms with E-state index >= 15 is 0 Å². The van der Waals surface area contributed by atoms with Crippen LogP contribution >= 0.6 is 0 Å². The number of esters is 1. The molecule has 1 unspecified atom stereocenters. The number of aliphatic hydroxyl groups is 1. The Labute approximate surface area is 85.6 Å². The summed E-state index contributed by atoms with van der Waals surface area (Å²) in [5.41, 5.74) is -0.00295. The van der Waals surface area contributed by atoms with Crippen molar-refractivity contribution in [2.45, 2.75) is 33.2 Å². The fraction of sp³-hybridized carbons (Fsp3) is 0.900. The normalized spacial score (nSPS) is 13.8. The molecule has 14 heavy (non-hydrogen) atoms. The molecule has 1 atom stereocenters. The third kappa shape index (κ3) is 5.19. The van der Waals surface area contributed by atoms with Gasteiger partial charge >= 0.3 is 5.97 Å². The van der Waals surface area contributed by atoms with Crippen LogP contribution in [0.2, 0.25) is 0 Å². The van der Waals surface area contributed by atoms with E-state index in [0.717, 1.165) is 0 Å². The predicted octanol–water partition coefficient (Wildman–Crippen LogP) is 0.546. The summed E-state index contributed by atoms with van der Waals surface area (Å²) in [7, 11) is 1.37. The Bertz CT molecular complexity index is 180. The van der Waals surface area contributed by atoms with Gasteiger partial charge in [-0.25, -0.2) is 0 Å². The highest BCUT2D eigenvalue weighted by molar-refractivity contribution is 5.75. The topological polar surface area (TPSA) is 58.6 Å². The molecule has 0 aromatic carbocycles. The molecule has 0 fully saturated rings. The van der Waals surface area contributed by atoms with E-state index < -0.39 is 0 Å². The van der Waals surface area contributed by atoms with Crippen molar-refractivity contribution in [3.63, 3.8) is 0 Å². The molecule has 4 nitrogen and oxygen atoms in total. The van der Waals surface area contributed by atoms with Crippen molar-refractivity contribution >= 4 is 5.97 Å². The standard InChI is InChI=1S/C10H21NO3/c1-8(9(13)14-4)11-7-10(2,3)5-6-12/h8,11-12H,5-7H2,1-4H3. The Hall–Kier alpha value is -0.610. The molecular formula is C10H21NO3. The number of hydrogen-bond acceptors (Lipinski definition) is 4. The summed E-state index contributed by atoms with van der Waals surface area (Å²) in [6.45, 7) is 6.70. The molecule has 84 valence electrons. The van der Waals surface area contributed by atoms with E-state index in [1.807, 2.05) is 13.8 Å². The van der Waals surface area contributed by atoms with Crippen molar-refractivity contribution in [1.29, 1.82) is 0 Å². The summed E-state index contributed by atoms with van der Waals surface area (Å²) in [6.07, 6.45) is 0.716. The Morgan fingerprint density at radius 3 is 2.57 bits per heavy atom. The van der Waals surface area contributed by atoms with Gasteiger partial charge < -0.3 is 15.2 Å². The predicted molar refractivity (Wildman–Crippen MR) is 55.0 cm³/mol. The molecule has 0 radical (unpaired) electrons. The molecule has 0 aliphatic rings. The monoisotopic (exact) mass is 203 g/mol. The van der Waals surface area contributed by atoms with Crippen molar-refractivity contribution in [2.75, 3.05) is 20.3 Å². The molecule has 0 saturated heterocycles. The molecule has 0 aromatic heterocycles. The fourth-order valence-corrected chi connectivity index (χ4v) is 1.08. The highest BCUT2D eigenvalue weighted by atomic mass is 16.5. The highest BCUT2D eigenvalue weighted by Gasteiger charge is 2.20. The maximum atomic E-state index is 11.1. The van der Waals surface area contributed by atoms with Gasteiger partial charge in [0.15, 0.2) is 0 Å². The molecule has 0 spiro atoms. The molecule has 2 N–H and O–H groups in total. The van der Waals surface area contributed by atoms with Crippen molar-refractivity contribution in [3.8, 4) is 0 Å². The smallest absolute Gasteiger partial charge is 0.322 e. The van der Waals surface area contributed by atoms with Crippen LogP contribution in [0.4, 0.5) is 0 Å². The number of nitrogens with one attached hydrogen (secondary N) is 1. The molecule has 0 rings (SSSR count). The van der Waals surface area contributed by atoms with E-state index in [-0.39, 0.29) is 24.0 Å². The molecule has 0 aliphatic carbocycles. The molecule has 0 heterocycles. The van der Waals surface area contributed by atoms with Gasteiger partial charge in [0.2, 0.25) is 0 Å². The van der Waals surface area contributed by atoms with Crippen molar-refractivity contribution < 1.29 is 14.6 Å². The van der Waals surface area contributed by atoms with Crippen molar-refractivity contribution in [3.05, 3.63) is 0 Å². The van der Waals surface area contributed by atoms with E-state index in [4.69, 9.17) is 5.11 Å². The van der Waals surface area contributed by atoms with E-state index in [1.54, 1.807) is 6.92 Å². The summed E-state index contributed by atoms with van der Waals surface area (Å²) in [4.78, 5) is 11.1. The van der Waals surface area contributed by atoms with E-state index in [1.165, 1.54) is 7.11 Å². The lowest BCUT2D eigenvalue weighted by Crippen LogP contribution is -2.40. The Morgan fingerprint density at radius 2 is 2.14 bits per heavy atom. The first-order valence-corrected chi connectivity index (χ1v) is 4.85. The van der Waals surface area contributed by atoms with Gasteiger partial charge in [-0.15, -0.1) is 0 Å². The van der Waals surface area contributed by atoms with E-state index in [9.17, 15) is 4.79 Å². The van der Waals surface area contributed by atoms with Gasteiger partial charge in [-0.2, -0.15) is 0 Å². The quantitative estimate of drug-likeness (QED) is 0.619. The van der Waals surface area contributed by atoms with Crippen LogP contribution in [0.5, 0.6) is 0 Å². The lowest BCUT2D eigenvalue weighted by molar-refractivity contribution is -0.142. The zero-order valence-corrected chi connectivity index (χ0v) is 9.46. The third-order valence-electron chi connectivity index (χ3n) is 2.23. The Balaban J connectivity index is 3.86. The second kappa shape index (κ2) is 5.98. The van der Waals surface area contributed by atoms with Crippen LogP contribution < -0.4 is 5.32 Å². The molecular weight excluding hydrogens is 182 g/mol. The maximum absolute atomic E-state index is 11.1. The van der Waals surface area contributed by atoms with Gasteiger partial charge in [0.05, 0.1) is 7.11 Å². The Morgan fingerprint density at radius 1 is 1.57 bits per heavy atom. The SMILES string of the molecule is COC(=O)C(C)NCC(C)(C)CCO. The average molecular weight is 203 g/mol. The van der Waals surface area contributed by atoms with Crippen molar-refractivity contribution in [1.82, 2.24) is 5.32 Å². The van der Waals surface area contributed by atoms with Gasteiger partial charge in [0, 0.05) is 13.2 Å². The molecule has 0 saturated carbocycles. The van der Waals surface area contributed by atoms with E-state index in [2.05, 4.69) is 10.1 Å². The van der Waals surface area contributed by atoms with Crippen LogP contribution in [0.15, 0.2) is 0 Å². The zero-order chi connectivity index (χ0) is 11.2. The largest absolute Gasteiger partial charge is 0.468 e. The van der Waals surface area contributed by atoms with Crippen LogP contribution in [0.1, 0.15) is 27.2 Å². The van der Waals surface area contributed by atoms with Gasteiger partial charge in [-0.1, -0.05) is 13.8 Å². The summed E-state index contributed by atoms with van der Waals surface area (Å²) < 4.78 is 4.59. The highest BCUT2D eigenvalue weighted by Crippen LogP contribution is 2.18. The van der Waals surface area contributed by atoms with Gasteiger partial charge in [-0.3, -0.25) is 4.79 Å². The number of carbonyl (C=O) groups excluding carboxylic acids is 1. The zero-order valence-electron chi connectivity index (χ0n) is 9.46. The number of carbonyl (C=O) groups is 1. The molecule has 0 bridgehead atoms.